The van der Waals surface area contributed by atoms with E-state index >= 15 is 0 Å². The van der Waals surface area contributed by atoms with Crippen LogP contribution in [0.4, 0.5) is 0 Å². The van der Waals surface area contributed by atoms with Crippen LogP contribution in [0.1, 0.15) is 32.3 Å². The number of benzene rings is 1. The lowest BCUT2D eigenvalue weighted by Crippen LogP contribution is -2.34. The van der Waals surface area contributed by atoms with Crippen molar-refractivity contribution in [2.24, 2.45) is 5.92 Å². The Hall–Kier alpha value is -2.65. The number of pyridine rings is 1. The largest absolute Gasteiger partial charge is 0.470 e. The van der Waals surface area contributed by atoms with Crippen LogP contribution in [0.2, 0.25) is 5.02 Å². The number of aromatic amines is 1. The molecule has 1 aromatic carbocycles. The Morgan fingerprint density at radius 3 is 2.67 bits per heavy atom. The van der Waals surface area contributed by atoms with Gasteiger partial charge in [0.15, 0.2) is 12.0 Å². The van der Waals surface area contributed by atoms with Crippen LogP contribution in [0.5, 0.6) is 5.88 Å². The van der Waals surface area contributed by atoms with Gasteiger partial charge in [-0.25, -0.2) is 4.98 Å². The van der Waals surface area contributed by atoms with Crippen molar-refractivity contribution in [3.8, 4) is 17.1 Å². The Kier molecular flexibility index (Phi) is 5.95. The zero-order chi connectivity index (χ0) is 25.0. The van der Waals surface area contributed by atoms with E-state index in [1.54, 1.807) is 0 Å². The minimum absolute atomic E-state index is 0.0842. The molecule has 4 atom stereocenters. The van der Waals surface area contributed by atoms with Gasteiger partial charge in [0.25, 0.3) is 0 Å². The number of rotatable bonds is 7. The number of halogens is 1. The van der Waals surface area contributed by atoms with E-state index < -0.39 is 6.10 Å². The van der Waals surface area contributed by atoms with E-state index in [0.717, 1.165) is 35.0 Å². The Balaban J connectivity index is 1.19. The maximum atomic E-state index is 11.9. The quantitative estimate of drug-likeness (QED) is 0.461. The molecule has 9 heteroatoms. The SMILES string of the molecule is CC(C)C(=O)OCC1(c2ccc(-c3nc4cc(O[C@@H]5CO[C@H]6[C@@H]5OC[C@H]6O)[nH]c4cc3Cl)cc2)CC1. The number of nitrogens with zero attached hydrogens (tertiary/aromatic N) is 1. The summed E-state index contributed by atoms with van der Waals surface area (Å²) in [6.45, 7) is 4.71. The van der Waals surface area contributed by atoms with Gasteiger partial charge in [0, 0.05) is 17.0 Å². The molecule has 3 aliphatic rings. The monoisotopic (exact) mass is 512 g/mol. The van der Waals surface area contributed by atoms with Crippen molar-refractivity contribution in [1.29, 1.82) is 0 Å². The minimum atomic E-state index is -0.620. The van der Waals surface area contributed by atoms with Crippen LogP contribution in [0.25, 0.3) is 22.3 Å². The lowest BCUT2D eigenvalue weighted by Gasteiger charge is -2.17. The van der Waals surface area contributed by atoms with Crippen molar-refractivity contribution >= 4 is 28.6 Å². The molecular formula is C27H29ClN2O6. The number of hydrogen-bond donors (Lipinski definition) is 2. The third-order valence-electron chi connectivity index (χ3n) is 7.38. The number of carbonyl (C=O) groups is 1. The smallest absolute Gasteiger partial charge is 0.308 e. The summed E-state index contributed by atoms with van der Waals surface area (Å²) in [6, 6.07) is 11.9. The number of H-pyrrole nitrogens is 1. The zero-order valence-electron chi connectivity index (χ0n) is 20.2. The van der Waals surface area contributed by atoms with Crippen LogP contribution in [-0.4, -0.2) is 65.3 Å². The lowest BCUT2D eigenvalue weighted by atomic mass is 9.95. The molecule has 8 nitrogen and oxygen atoms in total. The Morgan fingerprint density at radius 1 is 1.19 bits per heavy atom. The number of esters is 1. The number of aromatic nitrogens is 2. The Bertz CT molecular complexity index is 1290. The van der Waals surface area contributed by atoms with Crippen LogP contribution in [0.15, 0.2) is 36.4 Å². The van der Waals surface area contributed by atoms with Gasteiger partial charge in [-0.05, 0) is 24.5 Å². The molecule has 0 bridgehead atoms. The van der Waals surface area contributed by atoms with Gasteiger partial charge >= 0.3 is 5.97 Å². The molecule has 6 rings (SSSR count). The fraction of sp³-hybridized carbons (Fsp3) is 0.481. The first-order valence-electron chi connectivity index (χ1n) is 12.4. The second-order valence-electron chi connectivity index (χ2n) is 10.3. The molecule has 1 aliphatic carbocycles. The van der Waals surface area contributed by atoms with Crippen LogP contribution in [-0.2, 0) is 24.4 Å². The average molecular weight is 513 g/mol. The summed E-state index contributed by atoms with van der Waals surface area (Å²) in [5.41, 5.74) is 4.17. The number of aliphatic hydroxyl groups excluding tert-OH is 1. The van der Waals surface area contributed by atoms with Crippen molar-refractivity contribution < 1.29 is 28.8 Å². The third kappa shape index (κ3) is 4.26. The molecule has 3 aromatic rings. The highest BCUT2D eigenvalue weighted by Crippen LogP contribution is 2.49. The van der Waals surface area contributed by atoms with Crippen molar-refractivity contribution in [2.45, 2.75) is 56.5 Å². The highest BCUT2D eigenvalue weighted by atomic mass is 35.5. The van der Waals surface area contributed by atoms with Crippen LogP contribution in [0, 0.1) is 5.92 Å². The third-order valence-corrected chi connectivity index (χ3v) is 7.67. The fourth-order valence-electron chi connectivity index (χ4n) is 5.01. The number of hydrogen-bond acceptors (Lipinski definition) is 7. The Morgan fingerprint density at radius 2 is 1.94 bits per heavy atom. The van der Waals surface area contributed by atoms with Gasteiger partial charge in [-0.2, -0.15) is 0 Å². The first-order valence-corrected chi connectivity index (χ1v) is 12.8. The van der Waals surface area contributed by atoms with E-state index in [9.17, 15) is 9.90 Å². The first kappa shape index (κ1) is 23.7. The fourth-order valence-corrected chi connectivity index (χ4v) is 5.27. The van der Waals surface area contributed by atoms with E-state index in [1.165, 1.54) is 0 Å². The second-order valence-corrected chi connectivity index (χ2v) is 10.7. The summed E-state index contributed by atoms with van der Waals surface area (Å²) in [5, 5.41) is 10.5. The maximum Gasteiger partial charge on any atom is 0.308 e. The minimum Gasteiger partial charge on any atom is -0.470 e. The zero-order valence-corrected chi connectivity index (χ0v) is 21.0. The van der Waals surface area contributed by atoms with Crippen LogP contribution >= 0.6 is 11.6 Å². The molecule has 1 saturated carbocycles. The predicted molar refractivity (Wildman–Crippen MR) is 133 cm³/mol. The van der Waals surface area contributed by atoms with Crippen molar-refractivity contribution in [3.05, 3.63) is 47.0 Å². The summed E-state index contributed by atoms with van der Waals surface area (Å²) in [5.74, 6) is 0.260. The summed E-state index contributed by atoms with van der Waals surface area (Å²) < 4.78 is 22.9. The second kappa shape index (κ2) is 9.03. The van der Waals surface area contributed by atoms with Gasteiger partial charge in [-0.3, -0.25) is 4.79 Å². The van der Waals surface area contributed by atoms with Crippen LogP contribution < -0.4 is 4.74 Å². The van der Waals surface area contributed by atoms with Gasteiger partial charge < -0.3 is 29.0 Å². The van der Waals surface area contributed by atoms with Crippen molar-refractivity contribution in [2.75, 3.05) is 19.8 Å². The highest BCUT2D eigenvalue weighted by Gasteiger charge is 2.48. The van der Waals surface area contributed by atoms with E-state index in [-0.39, 0.29) is 42.2 Å². The van der Waals surface area contributed by atoms with E-state index in [2.05, 4.69) is 17.1 Å². The van der Waals surface area contributed by atoms with E-state index in [1.807, 2.05) is 38.1 Å². The predicted octanol–water partition coefficient (Wildman–Crippen LogP) is 4.02. The normalized spacial score (nSPS) is 26.4. The van der Waals surface area contributed by atoms with Gasteiger partial charge in [-0.1, -0.05) is 49.7 Å². The maximum absolute atomic E-state index is 11.9. The summed E-state index contributed by atoms with van der Waals surface area (Å²) in [6.07, 6.45) is 0.445. The molecule has 2 N–H and O–H groups in total. The standard InChI is InChI=1S/C27H29ClN2O6/c1-14(2)26(32)35-13-27(7-8-27)16-5-3-15(4-6-16)23-17(28)9-18-19(30-23)10-22(29-18)36-21-12-34-24-20(31)11-33-25(21)24/h3-6,9-10,14,20-21,24-25,29,31H,7-8,11-13H2,1-2H3/t20-,21-,24-,25-/m1/s1. The van der Waals surface area contributed by atoms with E-state index in [4.69, 9.17) is 35.5 Å². The van der Waals surface area contributed by atoms with Gasteiger partial charge in [0.2, 0.25) is 0 Å². The highest BCUT2D eigenvalue weighted by molar-refractivity contribution is 6.33. The van der Waals surface area contributed by atoms with Crippen molar-refractivity contribution in [3.63, 3.8) is 0 Å². The molecule has 2 saturated heterocycles. The molecule has 4 heterocycles. The summed E-state index contributed by atoms with van der Waals surface area (Å²) in [7, 11) is 0. The number of aliphatic hydroxyl groups is 1. The topological polar surface area (TPSA) is 103 Å². The summed E-state index contributed by atoms with van der Waals surface area (Å²) >= 11 is 6.61. The molecular weight excluding hydrogens is 484 g/mol. The number of fused-ring (bicyclic) bond motifs is 2. The molecule has 0 radical (unpaired) electrons. The molecule has 190 valence electrons. The first-order chi connectivity index (χ1) is 17.3. The number of carbonyl (C=O) groups excluding carboxylic acids is 1. The lowest BCUT2D eigenvalue weighted by molar-refractivity contribution is -0.148. The number of nitrogens with one attached hydrogen (secondary N) is 1. The summed E-state index contributed by atoms with van der Waals surface area (Å²) in [4.78, 5) is 19.9. The molecule has 0 spiro atoms. The molecule has 0 amide bonds. The van der Waals surface area contributed by atoms with E-state index in [0.29, 0.717) is 29.8 Å². The van der Waals surface area contributed by atoms with Crippen LogP contribution in [0.3, 0.4) is 0 Å². The van der Waals surface area contributed by atoms with Gasteiger partial charge in [0.05, 0.1) is 40.9 Å². The van der Waals surface area contributed by atoms with Gasteiger partial charge in [-0.15, -0.1) is 0 Å². The van der Waals surface area contributed by atoms with Gasteiger partial charge in [0.1, 0.15) is 24.9 Å². The molecule has 3 fully saturated rings. The number of ether oxygens (including phenoxy) is 4. The molecule has 0 unspecified atom stereocenters. The molecule has 2 aromatic heterocycles. The van der Waals surface area contributed by atoms with Crippen molar-refractivity contribution in [1.82, 2.24) is 9.97 Å². The Labute approximate surface area is 213 Å². The molecule has 36 heavy (non-hydrogen) atoms. The average Bonchev–Trinajstić information content (AvgIpc) is 3.18. The molecule has 2 aliphatic heterocycles.